The van der Waals surface area contributed by atoms with Gasteiger partial charge in [0, 0.05) is 23.2 Å². The smallest absolute Gasteiger partial charge is 0.233 e. The number of nitrogens with zero attached hydrogens (tertiary/aromatic N) is 3. The molecule has 4 nitrogen and oxygen atoms in total. The van der Waals surface area contributed by atoms with Crippen LogP contribution in [-0.4, -0.2) is 20.4 Å². The van der Waals surface area contributed by atoms with E-state index in [1.54, 1.807) is 22.9 Å². The van der Waals surface area contributed by atoms with Crippen LogP contribution in [0.1, 0.15) is 18.1 Å². The van der Waals surface area contributed by atoms with E-state index in [4.69, 9.17) is 11.6 Å². The number of hydrogen-bond acceptors (Lipinski definition) is 3. The first-order valence-corrected chi connectivity index (χ1v) is 6.71. The molecule has 5 heteroatoms. The van der Waals surface area contributed by atoms with Gasteiger partial charge in [-0.2, -0.15) is 0 Å². The minimum absolute atomic E-state index is 0.0313. The lowest BCUT2D eigenvalue weighted by atomic mass is 10.2. The summed E-state index contributed by atoms with van der Waals surface area (Å²) in [6.07, 6.45) is 2.05. The van der Waals surface area contributed by atoms with Gasteiger partial charge < -0.3 is 0 Å². The third-order valence-electron chi connectivity index (χ3n) is 3.07. The van der Waals surface area contributed by atoms with Gasteiger partial charge in [-0.25, -0.2) is 14.5 Å². The lowest BCUT2D eigenvalue weighted by Crippen LogP contribution is -2.11. The molecule has 0 aliphatic rings. The summed E-state index contributed by atoms with van der Waals surface area (Å²) in [6.45, 7) is 1.82. The number of imidazole rings is 1. The number of fused-ring (bicyclic) bond motifs is 1. The van der Waals surface area contributed by atoms with E-state index in [0.717, 1.165) is 5.56 Å². The summed E-state index contributed by atoms with van der Waals surface area (Å²) in [5, 5.41) is 0.649. The summed E-state index contributed by atoms with van der Waals surface area (Å²) < 4.78 is 1.57. The topological polar surface area (TPSA) is 47.8 Å². The van der Waals surface area contributed by atoms with Crippen LogP contribution in [0.3, 0.4) is 0 Å². The predicted octanol–water partition coefficient (Wildman–Crippen LogP) is 3.80. The lowest BCUT2D eigenvalue weighted by Gasteiger charge is -2.05. The lowest BCUT2D eigenvalue weighted by molar-refractivity contribution is 0.0915. The van der Waals surface area contributed by atoms with E-state index in [0.29, 0.717) is 28.4 Å². The highest BCUT2D eigenvalue weighted by molar-refractivity contribution is 6.30. The highest BCUT2D eigenvalue weighted by Crippen LogP contribution is 2.25. The first-order valence-electron chi connectivity index (χ1n) is 6.33. The maximum absolute atomic E-state index is 12.2. The zero-order chi connectivity index (χ0) is 14.1. The normalized spacial score (nSPS) is 10.9. The standard InChI is InChI=1S/C15H12ClN3O/c1-2-13(20)19-14(10-5-7-11(16)8-6-10)18-12-4-3-9-17-15(12)19/h3-9H,2H2,1H3. The van der Waals surface area contributed by atoms with Gasteiger partial charge in [-0.05, 0) is 36.4 Å². The van der Waals surface area contributed by atoms with Crippen LogP contribution in [0.4, 0.5) is 0 Å². The Balaban J connectivity index is 2.29. The second-order valence-corrected chi connectivity index (χ2v) is 4.81. The molecule has 20 heavy (non-hydrogen) atoms. The van der Waals surface area contributed by atoms with Gasteiger partial charge >= 0.3 is 0 Å². The summed E-state index contributed by atoms with van der Waals surface area (Å²) in [5.41, 5.74) is 2.14. The van der Waals surface area contributed by atoms with E-state index in [-0.39, 0.29) is 5.91 Å². The predicted molar refractivity (Wildman–Crippen MR) is 78.9 cm³/mol. The van der Waals surface area contributed by atoms with Crippen molar-refractivity contribution in [3.63, 3.8) is 0 Å². The third kappa shape index (κ3) is 2.08. The zero-order valence-electron chi connectivity index (χ0n) is 10.9. The van der Waals surface area contributed by atoms with Gasteiger partial charge in [0.15, 0.2) is 5.65 Å². The molecule has 1 aromatic carbocycles. The average molecular weight is 286 g/mol. The molecule has 0 unspecified atom stereocenters. The number of rotatable bonds is 2. The van der Waals surface area contributed by atoms with E-state index in [2.05, 4.69) is 9.97 Å². The maximum Gasteiger partial charge on any atom is 0.233 e. The second-order valence-electron chi connectivity index (χ2n) is 4.37. The number of halogens is 1. The van der Waals surface area contributed by atoms with Crippen molar-refractivity contribution in [3.8, 4) is 11.4 Å². The molecule has 0 aliphatic heterocycles. The fourth-order valence-corrected chi connectivity index (χ4v) is 2.23. The van der Waals surface area contributed by atoms with E-state index < -0.39 is 0 Å². The average Bonchev–Trinajstić information content (AvgIpc) is 2.86. The summed E-state index contributed by atoms with van der Waals surface area (Å²) >= 11 is 5.90. The molecular weight excluding hydrogens is 274 g/mol. The van der Waals surface area contributed by atoms with Gasteiger partial charge in [0.1, 0.15) is 11.3 Å². The molecule has 0 radical (unpaired) electrons. The Kier molecular flexibility index (Phi) is 3.24. The molecule has 2 aromatic heterocycles. The first-order chi connectivity index (χ1) is 9.70. The molecule has 0 spiro atoms. The van der Waals surface area contributed by atoms with Gasteiger partial charge in [-0.1, -0.05) is 18.5 Å². The maximum atomic E-state index is 12.2. The van der Waals surface area contributed by atoms with Crippen molar-refractivity contribution in [3.05, 3.63) is 47.6 Å². The molecular formula is C15H12ClN3O. The molecule has 0 N–H and O–H groups in total. The molecule has 0 amide bonds. The van der Waals surface area contributed by atoms with Crippen LogP contribution >= 0.6 is 11.6 Å². The molecule has 0 bridgehead atoms. The van der Waals surface area contributed by atoms with Crippen LogP contribution in [0.2, 0.25) is 5.02 Å². The number of benzene rings is 1. The monoisotopic (exact) mass is 285 g/mol. The number of pyridine rings is 1. The molecule has 0 saturated carbocycles. The zero-order valence-corrected chi connectivity index (χ0v) is 11.6. The molecule has 0 fully saturated rings. The van der Waals surface area contributed by atoms with Crippen molar-refractivity contribution < 1.29 is 4.79 Å². The minimum Gasteiger partial charge on any atom is -0.274 e. The number of aromatic nitrogens is 3. The molecule has 0 atom stereocenters. The Morgan fingerprint density at radius 3 is 2.70 bits per heavy atom. The molecule has 2 heterocycles. The van der Waals surface area contributed by atoms with E-state index in [9.17, 15) is 4.79 Å². The molecule has 0 saturated heterocycles. The molecule has 3 rings (SSSR count). The van der Waals surface area contributed by atoms with E-state index in [1.165, 1.54) is 0 Å². The van der Waals surface area contributed by atoms with Gasteiger partial charge in [0.25, 0.3) is 0 Å². The Morgan fingerprint density at radius 2 is 2.00 bits per heavy atom. The van der Waals surface area contributed by atoms with Gasteiger partial charge in [0.2, 0.25) is 5.91 Å². The van der Waals surface area contributed by atoms with Crippen LogP contribution in [0.5, 0.6) is 0 Å². The van der Waals surface area contributed by atoms with Crippen LogP contribution in [0.15, 0.2) is 42.6 Å². The fourth-order valence-electron chi connectivity index (χ4n) is 2.10. The highest BCUT2D eigenvalue weighted by Gasteiger charge is 2.17. The third-order valence-corrected chi connectivity index (χ3v) is 3.32. The molecule has 3 aromatic rings. The highest BCUT2D eigenvalue weighted by atomic mass is 35.5. The SMILES string of the molecule is CCC(=O)n1c(-c2ccc(Cl)cc2)nc2cccnc21. The Morgan fingerprint density at radius 1 is 1.25 bits per heavy atom. The largest absolute Gasteiger partial charge is 0.274 e. The van der Waals surface area contributed by atoms with Crippen molar-refractivity contribution in [2.45, 2.75) is 13.3 Å². The van der Waals surface area contributed by atoms with Crippen LogP contribution in [0.25, 0.3) is 22.6 Å². The number of carbonyl (C=O) groups excluding carboxylic acids is 1. The first kappa shape index (κ1) is 12.8. The fraction of sp³-hybridized carbons (Fsp3) is 0.133. The second kappa shape index (κ2) is 5.06. The summed E-state index contributed by atoms with van der Waals surface area (Å²) in [6, 6.07) is 10.9. The van der Waals surface area contributed by atoms with Crippen LogP contribution in [0, 0.1) is 0 Å². The van der Waals surface area contributed by atoms with Gasteiger partial charge in [-0.3, -0.25) is 4.79 Å². The van der Waals surface area contributed by atoms with E-state index in [1.807, 2.05) is 31.2 Å². The summed E-state index contributed by atoms with van der Waals surface area (Å²) in [7, 11) is 0. The Labute approximate surface area is 121 Å². The van der Waals surface area contributed by atoms with Crippen molar-refractivity contribution in [2.75, 3.05) is 0 Å². The quantitative estimate of drug-likeness (QED) is 0.719. The van der Waals surface area contributed by atoms with Gasteiger partial charge in [-0.15, -0.1) is 0 Å². The molecule has 100 valence electrons. The van der Waals surface area contributed by atoms with Crippen molar-refractivity contribution in [1.29, 1.82) is 0 Å². The summed E-state index contributed by atoms with van der Waals surface area (Å²) in [4.78, 5) is 21.0. The molecule has 0 aliphatic carbocycles. The number of carbonyl (C=O) groups is 1. The van der Waals surface area contributed by atoms with Crippen molar-refractivity contribution >= 4 is 28.7 Å². The van der Waals surface area contributed by atoms with E-state index >= 15 is 0 Å². The minimum atomic E-state index is -0.0313. The number of hydrogen-bond donors (Lipinski definition) is 0. The van der Waals surface area contributed by atoms with Crippen LogP contribution < -0.4 is 0 Å². The van der Waals surface area contributed by atoms with Crippen molar-refractivity contribution in [2.24, 2.45) is 0 Å². The summed E-state index contributed by atoms with van der Waals surface area (Å²) in [5.74, 6) is 0.568. The van der Waals surface area contributed by atoms with Gasteiger partial charge in [0.05, 0.1) is 0 Å². The van der Waals surface area contributed by atoms with Crippen LogP contribution in [-0.2, 0) is 0 Å². The Bertz CT molecular complexity index is 777. The van der Waals surface area contributed by atoms with Crippen molar-refractivity contribution in [1.82, 2.24) is 14.5 Å². The Hall–Kier alpha value is -2.20.